The standard InChI is InChI=1S/C23H17BrClN3O3/c1-12-9-18(29)16(10-17(12)25)20-19-21(27-26-20)23(30)28(11-15-3-2-8-31-15)22(19)13-4-6-14(24)7-5-13/h2-10,22,29H,11H2,1H3,(H,26,27). The average Bonchev–Trinajstić information content (AvgIpc) is 3.46. The summed E-state index contributed by atoms with van der Waals surface area (Å²) < 4.78 is 6.44. The van der Waals surface area contributed by atoms with Gasteiger partial charge in [-0.15, -0.1) is 0 Å². The minimum absolute atomic E-state index is 0.0580. The largest absolute Gasteiger partial charge is 0.507 e. The van der Waals surface area contributed by atoms with Gasteiger partial charge in [0, 0.05) is 20.6 Å². The summed E-state index contributed by atoms with van der Waals surface area (Å²) >= 11 is 9.80. The van der Waals surface area contributed by atoms with Gasteiger partial charge in [-0.25, -0.2) is 0 Å². The fraction of sp³-hybridized carbons (Fsp3) is 0.130. The molecule has 0 radical (unpaired) electrons. The number of carbonyl (C=O) groups is 1. The van der Waals surface area contributed by atoms with Crippen LogP contribution >= 0.6 is 27.5 Å². The van der Waals surface area contributed by atoms with Crippen molar-refractivity contribution < 1.29 is 14.3 Å². The van der Waals surface area contributed by atoms with Gasteiger partial charge < -0.3 is 14.4 Å². The average molecular weight is 499 g/mol. The molecule has 2 aromatic heterocycles. The molecule has 0 fully saturated rings. The van der Waals surface area contributed by atoms with E-state index in [4.69, 9.17) is 16.0 Å². The number of nitrogens with zero attached hydrogens (tertiary/aromatic N) is 2. The molecule has 0 bridgehead atoms. The van der Waals surface area contributed by atoms with Gasteiger partial charge in [-0.1, -0.05) is 39.7 Å². The highest BCUT2D eigenvalue weighted by Gasteiger charge is 2.42. The van der Waals surface area contributed by atoms with E-state index in [0.717, 1.165) is 15.6 Å². The first kappa shape index (κ1) is 19.9. The Bertz CT molecular complexity index is 1280. The summed E-state index contributed by atoms with van der Waals surface area (Å²) in [5, 5.41) is 18.4. The number of furan rings is 1. The zero-order chi connectivity index (χ0) is 21.7. The van der Waals surface area contributed by atoms with E-state index >= 15 is 0 Å². The third-order valence-corrected chi connectivity index (χ3v) is 6.42. The van der Waals surface area contributed by atoms with Crippen LogP contribution in [0, 0.1) is 6.92 Å². The van der Waals surface area contributed by atoms with E-state index in [1.165, 1.54) is 0 Å². The van der Waals surface area contributed by atoms with Crippen molar-refractivity contribution in [3.63, 3.8) is 0 Å². The van der Waals surface area contributed by atoms with Gasteiger partial charge in [0.15, 0.2) is 0 Å². The van der Waals surface area contributed by atoms with Crippen molar-refractivity contribution in [2.45, 2.75) is 19.5 Å². The normalized spacial score (nSPS) is 15.5. The number of aromatic hydroxyl groups is 1. The quantitative estimate of drug-likeness (QED) is 0.370. The maximum Gasteiger partial charge on any atom is 0.273 e. The Balaban J connectivity index is 1.69. The van der Waals surface area contributed by atoms with Crippen LogP contribution in [0.15, 0.2) is 63.7 Å². The molecule has 1 aliphatic rings. The van der Waals surface area contributed by atoms with E-state index in [0.29, 0.717) is 39.8 Å². The van der Waals surface area contributed by atoms with E-state index in [1.54, 1.807) is 29.4 Å². The number of benzene rings is 2. The van der Waals surface area contributed by atoms with Gasteiger partial charge in [0.1, 0.15) is 22.9 Å². The maximum atomic E-state index is 13.3. The van der Waals surface area contributed by atoms with Crippen LogP contribution in [-0.4, -0.2) is 26.1 Å². The minimum Gasteiger partial charge on any atom is -0.507 e. The summed E-state index contributed by atoms with van der Waals surface area (Å²) in [6.45, 7) is 2.12. The lowest BCUT2D eigenvalue weighted by molar-refractivity contribution is 0.0717. The molecule has 0 aliphatic carbocycles. The number of hydrogen-bond acceptors (Lipinski definition) is 4. The van der Waals surface area contributed by atoms with E-state index in [-0.39, 0.29) is 11.7 Å². The predicted molar refractivity (Wildman–Crippen MR) is 120 cm³/mol. The van der Waals surface area contributed by atoms with Gasteiger partial charge in [0.05, 0.1) is 18.8 Å². The molecular weight excluding hydrogens is 482 g/mol. The number of aromatic amines is 1. The molecule has 156 valence electrons. The molecule has 8 heteroatoms. The summed E-state index contributed by atoms with van der Waals surface area (Å²) in [6.07, 6.45) is 1.59. The number of aryl methyl sites for hydroxylation is 1. The van der Waals surface area contributed by atoms with Crippen molar-refractivity contribution in [3.8, 4) is 17.0 Å². The first-order chi connectivity index (χ1) is 14.9. The van der Waals surface area contributed by atoms with Gasteiger partial charge in [0.25, 0.3) is 5.91 Å². The molecule has 4 aromatic rings. The minimum atomic E-state index is -0.408. The second kappa shape index (κ2) is 7.59. The molecule has 1 unspecified atom stereocenters. The summed E-state index contributed by atoms with van der Waals surface area (Å²) in [7, 11) is 0. The van der Waals surface area contributed by atoms with E-state index in [2.05, 4.69) is 26.1 Å². The van der Waals surface area contributed by atoms with Crippen LogP contribution in [0.3, 0.4) is 0 Å². The number of phenols is 1. The molecule has 31 heavy (non-hydrogen) atoms. The van der Waals surface area contributed by atoms with Crippen LogP contribution in [-0.2, 0) is 6.54 Å². The number of H-pyrrole nitrogens is 1. The second-order valence-corrected chi connectivity index (χ2v) is 8.77. The topological polar surface area (TPSA) is 82.4 Å². The highest BCUT2D eigenvalue weighted by molar-refractivity contribution is 9.10. The molecule has 2 N–H and O–H groups in total. The molecular formula is C23H17BrClN3O3. The number of nitrogens with one attached hydrogen (secondary N) is 1. The SMILES string of the molecule is Cc1cc(O)c(-c2n[nH]c3c2C(c2ccc(Br)cc2)N(Cc2ccco2)C3=O)cc1Cl. The monoisotopic (exact) mass is 497 g/mol. The van der Waals surface area contributed by atoms with Crippen molar-refractivity contribution in [2.24, 2.45) is 0 Å². The Morgan fingerprint density at radius 1 is 1.26 bits per heavy atom. The summed E-state index contributed by atoms with van der Waals surface area (Å²) in [5.41, 5.74) is 3.75. The Labute approximate surface area is 191 Å². The number of aromatic nitrogens is 2. The lowest BCUT2D eigenvalue weighted by Crippen LogP contribution is -2.28. The molecule has 5 rings (SSSR count). The van der Waals surface area contributed by atoms with Gasteiger partial charge in [-0.05, 0) is 54.4 Å². The molecule has 1 amide bonds. The van der Waals surface area contributed by atoms with Gasteiger partial charge in [0.2, 0.25) is 0 Å². The van der Waals surface area contributed by atoms with Crippen molar-refractivity contribution in [1.29, 1.82) is 0 Å². The lowest BCUT2D eigenvalue weighted by Gasteiger charge is -2.25. The molecule has 6 nitrogen and oxygen atoms in total. The number of amides is 1. The molecule has 0 saturated heterocycles. The van der Waals surface area contributed by atoms with Crippen molar-refractivity contribution >= 4 is 33.4 Å². The number of halogens is 2. The molecule has 0 spiro atoms. The number of fused-ring (bicyclic) bond motifs is 1. The number of rotatable bonds is 4. The highest BCUT2D eigenvalue weighted by atomic mass is 79.9. The number of hydrogen-bond donors (Lipinski definition) is 2. The zero-order valence-electron chi connectivity index (χ0n) is 16.4. The van der Waals surface area contributed by atoms with E-state index in [1.807, 2.05) is 37.3 Å². The molecule has 0 saturated carbocycles. The Morgan fingerprint density at radius 2 is 2.03 bits per heavy atom. The van der Waals surface area contributed by atoms with Crippen LogP contribution in [0.1, 0.15) is 39.0 Å². The first-order valence-corrected chi connectivity index (χ1v) is 10.8. The zero-order valence-corrected chi connectivity index (χ0v) is 18.7. The number of carbonyl (C=O) groups excluding carboxylic acids is 1. The number of phenolic OH excluding ortho intramolecular Hbond substituents is 1. The summed E-state index contributed by atoms with van der Waals surface area (Å²) in [6, 6.07) is 14.3. The lowest BCUT2D eigenvalue weighted by atomic mass is 9.95. The Hall–Kier alpha value is -3.03. The summed E-state index contributed by atoms with van der Waals surface area (Å²) in [5.74, 6) is 0.551. The molecule has 2 aromatic carbocycles. The van der Waals surface area contributed by atoms with Crippen LogP contribution in [0.4, 0.5) is 0 Å². The van der Waals surface area contributed by atoms with Gasteiger partial charge >= 0.3 is 0 Å². The second-order valence-electron chi connectivity index (χ2n) is 7.45. The smallest absolute Gasteiger partial charge is 0.273 e. The summed E-state index contributed by atoms with van der Waals surface area (Å²) in [4.78, 5) is 15.1. The van der Waals surface area contributed by atoms with Gasteiger partial charge in [-0.2, -0.15) is 5.10 Å². The Morgan fingerprint density at radius 3 is 2.74 bits per heavy atom. The van der Waals surface area contributed by atoms with E-state index in [9.17, 15) is 9.90 Å². The molecule has 1 aliphatic heterocycles. The fourth-order valence-corrected chi connectivity index (χ4v) is 4.41. The molecule has 3 heterocycles. The first-order valence-electron chi connectivity index (χ1n) is 9.60. The predicted octanol–water partition coefficient (Wildman–Crippen LogP) is 5.85. The maximum absolute atomic E-state index is 13.3. The van der Waals surface area contributed by atoms with Crippen molar-refractivity contribution in [1.82, 2.24) is 15.1 Å². The van der Waals surface area contributed by atoms with Crippen LogP contribution < -0.4 is 0 Å². The Kier molecular flexibility index (Phi) is 4.87. The van der Waals surface area contributed by atoms with Gasteiger partial charge in [-0.3, -0.25) is 9.89 Å². The third kappa shape index (κ3) is 3.34. The highest BCUT2D eigenvalue weighted by Crippen LogP contribution is 2.46. The van der Waals surface area contributed by atoms with Crippen LogP contribution in [0.2, 0.25) is 5.02 Å². The van der Waals surface area contributed by atoms with Crippen LogP contribution in [0.25, 0.3) is 11.3 Å². The molecule has 1 atom stereocenters. The van der Waals surface area contributed by atoms with Crippen molar-refractivity contribution in [2.75, 3.05) is 0 Å². The third-order valence-electron chi connectivity index (χ3n) is 5.49. The van der Waals surface area contributed by atoms with Crippen LogP contribution in [0.5, 0.6) is 5.75 Å². The van der Waals surface area contributed by atoms with Crippen molar-refractivity contribution in [3.05, 3.63) is 92.4 Å². The van der Waals surface area contributed by atoms with E-state index < -0.39 is 6.04 Å². The fourth-order valence-electron chi connectivity index (χ4n) is 3.98.